The first-order valence-corrected chi connectivity index (χ1v) is 9.20. The Balaban J connectivity index is 2.09. The van der Waals surface area contributed by atoms with Crippen molar-refractivity contribution in [3.63, 3.8) is 0 Å². The van der Waals surface area contributed by atoms with Gasteiger partial charge in [0.15, 0.2) is 0 Å². The summed E-state index contributed by atoms with van der Waals surface area (Å²) >= 11 is 1.71. The molecule has 2 rings (SSSR count). The molecule has 1 aliphatic rings. The lowest BCUT2D eigenvalue weighted by Crippen LogP contribution is -2.28. The number of carbonyl (C=O) groups is 1. The van der Waals surface area contributed by atoms with Gasteiger partial charge in [0.1, 0.15) is 10.6 Å². The third-order valence-corrected chi connectivity index (χ3v) is 8.14. The molecule has 0 radical (unpaired) electrons. The number of carbonyl (C=O) groups excluding carboxylic acids is 1. The van der Waals surface area contributed by atoms with E-state index in [-0.39, 0.29) is 19.2 Å². The number of nitrogens with one attached hydrogen (secondary N) is 1. The molecular formula is C14H23N2OPS. The van der Waals surface area contributed by atoms with E-state index < -0.39 is 0 Å². The van der Waals surface area contributed by atoms with Gasteiger partial charge >= 0.3 is 0 Å². The highest BCUT2D eigenvalue weighted by molar-refractivity contribution is 7.72. The molecule has 1 fully saturated rings. The maximum atomic E-state index is 12.0. The minimum absolute atomic E-state index is 0.0321. The van der Waals surface area contributed by atoms with E-state index >= 15 is 0 Å². The summed E-state index contributed by atoms with van der Waals surface area (Å²) in [5, 5.41) is 4.91. The molecule has 3 nitrogen and oxygen atoms in total. The van der Waals surface area contributed by atoms with Gasteiger partial charge in [0.2, 0.25) is 5.91 Å². The van der Waals surface area contributed by atoms with Gasteiger partial charge in [-0.15, -0.1) is 11.3 Å². The van der Waals surface area contributed by atoms with Crippen LogP contribution in [-0.2, 0) is 4.79 Å². The van der Waals surface area contributed by atoms with E-state index in [1.807, 2.05) is 26.2 Å². The predicted octanol–water partition coefficient (Wildman–Crippen LogP) is 3.81. The zero-order valence-electron chi connectivity index (χ0n) is 12.4. The summed E-state index contributed by atoms with van der Waals surface area (Å²) in [6.07, 6.45) is 2.63. The third-order valence-electron chi connectivity index (χ3n) is 3.59. The summed E-state index contributed by atoms with van der Waals surface area (Å²) in [7, 11) is -0.139. The molecule has 1 saturated heterocycles. The number of hydrogen-bond donors (Lipinski definition) is 1. The quantitative estimate of drug-likeness (QED) is 0.844. The molecule has 2 unspecified atom stereocenters. The van der Waals surface area contributed by atoms with E-state index in [0.29, 0.717) is 0 Å². The molecule has 0 aromatic carbocycles. The summed E-state index contributed by atoms with van der Waals surface area (Å²) in [4.78, 5) is 16.6. The lowest BCUT2D eigenvalue weighted by Gasteiger charge is -2.18. The zero-order valence-corrected chi connectivity index (χ0v) is 14.1. The zero-order chi connectivity index (χ0) is 14.2. The van der Waals surface area contributed by atoms with Crippen LogP contribution in [0.3, 0.4) is 0 Å². The number of nitrogens with zero attached hydrogens (tertiary/aromatic N) is 1. The minimum Gasteiger partial charge on any atom is -0.310 e. The van der Waals surface area contributed by atoms with Crippen molar-refractivity contribution >= 4 is 35.7 Å². The van der Waals surface area contributed by atoms with Gasteiger partial charge < -0.3 is 5.32 Å². The number of thiazole rings is 1. The fourth-order valence-corrected chi connectivity index (χ4v) is 7.22. The molecule has 2 heterocycles. The first-order valence-electron chi connectivity index (χ1n) is 6.84. The van der Waals surface area contributed by atoms with Crippen LogP contribution in [0.4, 0.5) is 5.82 Å². The Labute approximate surface area is 121 Å². The van der Waals surface area contributed by atoms with Gasteiger partial charge in [-0.1, -0.05) is 34.6 Å². The minimum atomic E-state index is -0.372. The second-order valence-electron chi connectivity index (χ2n) is 6.40. The largest absolute Gasteiger partial charge is 0.310 e. The van der Waals surface area contributed by atoms with Crippen molar-refractivity contribution in [3.8, 4) is 0 Å². The van der Waals surface area contributed by atoms with Crippen LogP contribution in [0, 0.1) is 5.41 Å². The predicted molar refractivity (Wildman–Crippen MR) is 84.9 cm³/mol. The molecule has 1 aromatic heterocycles. The molecule has 1 aliphatic heterocycles. The van der Waals surface area contributed by atoms with Crippen molar-refractivity contribution in [1.29, 1.82) is 0 Å². The fourth-order valence-electron chi connectivity index (χ4n) is 2.32. The average molecular weight is 298 g/mol. The Bertz CT molecular complexity index is 456. The highest BCUT2D eigenvalue weighted by atomic mass is 32.1. The molecule has 2 atom stereocenters. The molecule has 0 aliphatic carbocycles. The van der Waals surface area contributed by atoms with Gasteiger partial charge in [-0.3, -0.25) is 4.79 Å². The van der Waals surface area contributed by atoms with Gasteiger partial charge in [0.05, 0.1) is 0 Å². The van der Waals surface area contributed by atoms with Gasteiger partial charge in [-0.25, -0.2) is 4.98 Å². The van der Waals surface area contributed by atoms with E-state index in [9.17, 15) is 4.79 Å². The molecule has 0 spiro atoms. The standard InChI is InChI=1S/C14H23N2OPS/c1-9-6-7-10(2)18(9)13-16-11(8-19-13)15-12(17)14(3,4)5/h8-10H,6-7H2,1-5H3,(H,15,17). The Kier molecular flexibility index (Phi) is 4.32. The van der Waals surface area contributed by atoms with Crippen molar-refractivity contribution in [2.75, 3.05) is 5.32 Å². The Morgan fingerprint density at radius 2 is 1.95 bits per heavy atom. The van der Waals surface area contributed by atoms with Crippen molar-refractivity contribution in [2.45, 2.75) is 58.8 Å². The van der Waals surface area contributed by atoms with Crippen LogP contribution in [0.5, 0.6) is 0 Å². The highest BCUT2D eigenvalue weighted by Gasteiger charge is 2.33. The van der Waals surface area contributed by atoms with Crippen molar-refractivity contribution < 1.29 is 4.79 Å². The SMILES string of the molecule is CC1CCC(C)P1c1nc(NC(=O)C(C)(C)C)cs1. The van der Waals surface area contributed by atoms with Crippen LogP contribution in [0.2, 0.25) is 0 Å². The Hall–Kier alpha value is -0.470. The molecular weight excluding hydrogens is 275 g/mol. The molecule has 19 heavy (non-hydrogen) atoms. The molecule has 5 heteroatoms. The molecule has 1 N–H and O–H groups in total. The summed E-state index contributed by atoms with van der Waals surface area (Å²) in [6, 6.07) is 0. The van der Waals surface area contributed by atoms with Crippen LogP contribution in [0.25, 0.3) is 0 Å². The van der Waals surface area contributed by atoms with Crippen molar-refractivity contribution in [2.24, 2.45) is 5.41 Å². The molecule has 1 amide bonds. The summed E-state index contributed by atoms with van der Waals surface area (Å²) in [5.74, 6) is 0.762. The van der Waals surface area contributed by atoms with Crippen molar-refractivity contribution in [3.05, 3.63) is 5.38 Å². The first-order chi connectivity index (χ1) is 8.79. The summed E-state index contributed by atoms with van der Waals surface area (Å²) in [5.41, 5.74) is 1.16. The second-order valence-corrected chi connectivity index (χ2v) is 10.6. The number of amides is 1. The molecule has 1 aromatic rings. The van der Waals surface area contributed by atoms with E-state index in [1.54, 1.807) is 11.3 Å². The lowest BCUT2D eigenvalue weighted by atomic mass is 9.96. The smallest absolute Gasteiger partial charge is 0.230 e. The van der Waals surface area contributed by atoms with Gasteiger partial charge in [0.25, 0.3) is 0 Å². The summed E-state index contributed by atoms with van der Waals surface area (Å²) < 4.78 is 1.25. The maximum absolute atomic E-state index is 12.0. The Morgan fingerprint density at radius 3 is 2.47 bits per heavy atom. The monoisotopic (exact) mass is 298 g/mol. The second kappa shape index (κ2) is 5.49. The van der Waals surface area contributed by atoms with E-state index in [4.69, 9.17) is 0 Å². The number of anilines is 1. The molecule has 0 bridgehead atoms. The number of hydrogen-bond acceptors (Lipinski definition) is 3. The van der Waals surface area contributed by atoms with Crippen LogP contribution >= 0.6 is 19.3 Å². The first kappa shape index (κ1) is 14.9. The van der Waals surface area contributed by atoms with Crippen LogP contribution in [0.15, 0.2) is 5.38 Å². The maximum Gasteiger partial charge on any atom is 0.230 e. The van der Waals surface area contributed by atoms with Crippen LogP contribution in [0.1, 0.15) is 47.5 Å². The summed E-state index contributed by atoms with van der Waals surface area (Å²) in [6.45, 7) is 10.4. The molecule has 0 saturated carbocycles. The third kappa shape index (κ3) is 3.35. The molecule has 106 valence electrons. The number of aromatic nitrogens is 1. The van der Waals surface area contributed by atoms with Crippen LogP contribution in [-0.4, -0.2) is 22.2 Å². The number of rotatable bonds is 2. The van der Waals surface area contributed by atoms with Gasteiger partial charge in [0, 0.05) is 10.8 Å². The fraction of sp³-hybridized carbons (Fsp3) is 0.714. The topological polar surface area (TPSA) is 42.0 Å². The van der Waals surface area contributed by atoms with Crippen molar-refractivity contribution in [1.82, 2.24) is 4.98 Å². The van der Waals surface area contributed by atoms with E-state index in [1.165, 1.54) is 17.6 Å². The van der Waals surface area contributed by atoms with E-state index in [0.717, 1.165) is 17.1 Å². The highest BCUT2D eigenvalue weighted by Crippen LogP contribution is 2.54. The normalized spacial score (nSPS) is 27.5. The average Bonchev–Trinajstić information content (AvgIpc) is 2.85. The van der Waals surface area contributed by atoms with E-state index in [2.05, 4.69) is 24.1 Å². The van der Waals surface area contributed by atoms with Gasteiger partial charge in [-0.05, 0) is 32.1 Å². The van der Waals surface area contributed by atoms with Crippen LogP contribution < -0.4 is 10.1 Å². The van der Waals surface area contributed by atoms with Gasteiger partial charge in [-0.2, -0.15) is 0 Å². The Morgan fingerprint density at radius 1 is 1.37 bits per heavy atom. The lowest BCUT2D eigenvalue weighted by molar-refractivity contribution is -0.123.